The van der Waals surface area contributed by atoms with E-state index in [0.29, 0.717) is 5.95 Å². The second kappa shape index (κ2) is 5.49. The molecule has 3 rings (SSSR count). The highest BCUT2D eigenvalue weighted by Crippen LogP contribution is 2.25. The molecule has 1 aliphatic rings. The number of fused-ring (bicyclic) bond motifs is 1. The molecule has 0 bridgehead atoms. The fourth-order valence-electron chi connectivity index (χ4n) is 2.55. The third kappa shape index (κ3) is 2.74. The maximum Gasteiger partial charge on any atom is 0.227 e. The summed E-state index contributed by atoms with van der Waals surface area (Å²) in [6.45, 7) is 2.28. The third-order valence-corrected chi connectivity index (χ3v) is 3.74. The first-order valence-corrected chi connectivity index (χ1v) is 7.00. The van der Waals surface area contributed by atoms with Gasteiger partial charge in [-0.25, -0.2) is 9.97 Å². The molecule has 1 aromatic heterocycles. The maximum absolute atomic E-state index is 5.14. The van der Waals surface area contributed by atoms with Crippen molar-refractivity contribution in [2.45, 2.75) is 26.2 Å². The summed E-state index contributed by atoms with van der Waals surface area (Å²) >= 11 is 0. The highest BCUT2D eigenvalue weighted by molar-refractivity contribution is 5.54. The Morgan fingerprint density at radius 2 is 2.05 bits per heavy atom. The Hall–Kier alpha value is -2.10. The van der Waals surface area contributed by atoms with Crippen LogP contribution in [0.4, 0.5) is 11.6 Å². The molecule has 1 unspecified atom stereocenters. The van der Waals surface area contributed by atoms with Crippen LogP contribution in [0.2, 0.25) is 0 Å². The average Bonchev–Trinajstić information content (AvgIpc) is 2.48. The first-order valence-electron chi connectivity index (χ1n) is 7.00. The zero-order valence-corrected chi connectivity index (χ0v) is 11.9. The van der Waals surface area contributed by atoms with Gasteiger partial charge in [-0.2, -0.15) is 0 Å². The van der Waals surface area contributed by atoms with Crippen molar-refractivity contribution >= 4 is 11.6 Å². The van der Waals surface area contributed by atoms with Gasteiger partial charge < -0.3 is 10.1 Å². The highest BCUT2D eigenvalue weighted by atomic mass is 16.5. The monoisotopic (exact) mass is 269 g/mol. The van der Waals surface area contributed by atoms with E-state index < -0.39 is 0 Å². The number of hydrogen-bond acceptors (Lipinski definition) is 4. The smallest absolute Gasteiger partial charge is 0.227 e. The van der Waals surface area contributed by atoms with Crippen molar-refractivity contribution < 1.29 is 4.74 Å². The van der Waals surface area contributed by atoms with Crippen molar-refractivity contribution in [3.8, 4) is 5.75 Å². The first-order chi connectivity index (χ1) is 9.74. The van der Waals surface area contributed by atoms with E-state index >= 15 is 0 Å². The maximum atomic E-state index is 5.14. The fraction of sp³-hybridized carbons (Fsp3) is 0.375. The second-order valence-electron chi connectivity index (χ2n) is 5.37. The van der Waals surface area contributed by atoms with Gasteiger partial charge in [0, 0.05) is 17.6 Å². The molecular weight excluding hydrogens is 250 g/mol. The molecule has 104 valence electrons. The van der Waals surface area contributed by atoms with E-state index in [1.54, 1.807) is 7.11 Å². The van der Waals surface area contributed by atoms with Crippen LogP contribution in [0.5, 0.6) is 5.75 Å². The zero-order chi connectivity index (χ0) is 13.9. The SMILES string of the molecule is COc1ccc(Nc2ncc3c(n2)CCC(C)C3)cc1. The normalized spacial score (nSPS) is 17.4. The molecule has 0 radical (unpaired) electrons. The van der Waals surface area contributed by atoms with Crippen molar-refractivity contribution in [2.24, 2.45) is 5.92 Å². The molecule has 0 saturated carbocycles. The summed E-state index contributed by atoms with van der Waals surface area (Å²) in [5.41, 5.74) is 3.45. The lowest BCUT2D eigenvalue weighted by Gasteiger charge is -2.20. The predicted octanol–water partition coefficient (Wildman–Crippen LogP) is 3.35. The Labute approximate surface area is 119 Å². The standard InChI is InChI=1S/C16H19N3O/c1-11-3-8-15-12(9-11)10-17-16(19-15)18-13-4-6-14(20-2)7-5-13/h4-7,10-11H,3,8-9H2,1-2H3,(H,17,18,19). The number of aryl methyl sites for hydroxylation is 1. The second-order valence-corrected chi connectivity index (χ2v) is 5.37. The van der Waals surface area contributed by atoms with Gasteiger partial charge in [-0.3, -0.25) is 0 Å². The molecule has 1 N–H and O–H groups in total. The lowest BCUT2D eigenvalue weighted by molar-refractivity contribution is 0.415. The number of rotatable bonds is 3. The summed E-state index contributed by atoms with van der Waals surface area (Å²) in [5, 5.41) is 3.24. The summed E-state index contributed by atoms with van der Waals surface area (Å²) in [5.74, 6) is 2.26. The molecule has 4 nitrogen and oxygen atoms in total. The molecule has 0 aliphatic heterocycles. The molecule has 20 heavy (non-hydrogen) atoms. The number of ether oxygens (including phenoxy) is 1. The van der Waals surface area contributed by atoms with Gasteiger partial charge in [-0.15, -0.1) is 0 Å². The molecule has 0 saturated heterocycles. The average molecular weight is 269 g/mol. The largest absolute Gasteiger partial charge is 0.497 e. The Kier molecular flexibility index (Phi) is 3.54. The topological polar surface area (TPSA) is 47.0 Å². The van der Waals surface area contributed by atoms with E-state index in [2.05, 4.69) is 22.2 Å². The van der Waals surface area contributed by atoms with Crippen molar-refractivity contribution in [1.29, 1.82) is 0 Å². The number of nitrogens with zero attached hydrogens (tertiary/aromatic N) is 2. The van der Waals surface area contributed by atoms with Crippen molar-refractivity contribution in [3.05, 3.63) is 41.7 Å². The van der Waals surface area contributed by atoms with E-state index in [4.69, 9.17) is 4.74 Å². The van der Waals surface area contributed by atoms with Crippen LogP contribution in [-0.4, -0.2) is 17.1 Å². The van der Waals surface area contributed by atoms with E-state index in [1.165, 1.54) is 17.7 Å². The minimum atomic E-state index is 0.670. The lowest BCUT2D eigenvalue weighted by atomic mass is 9.89. The first kappa shape index (κ1) is 12.9. The number of aromatic nitrogens is 2. The van der Waals surface area contributed by atoms with Gasteiger partial charge in [0.1, 0.15) is 5.75 Å². The number of hydrogen-bond donors (Lipinski definition) is 1. The molecule has 0 fully saturated rings. The molecule has 0 amide bonds. The van der Waals surface area contributed by atoms with E-state index in [1.807, 2.05) is 30.5 Å². The van der Waals surface area contributed by atoms with Gasteiger partial charge in [-0.05, 0) is 55.0 Å². The van der Waals surface area contributed by atoms with Crippen molar-refractivity contribution in [3.63, 3.8) is 0 Å². The van der Waals surface area contributed by atoms with Crippen LogP contribution in [-0.2, 0) is 12.8 Å². The van der Waals surface area contributed by atoms with Crippen LogP contribution in [0, 0.1) is 5.92 Å². The third-order valence-electron chi connectivity index (χ3n) is 3.74. The van der Waals surface area contributed by atoms with Crippen LogP contribution in [0.15, 0.2) is 30.5 Å². The quantitative estimate of drug-likeness (QED) is 0.928. The Balaban J connectivity index is 1.77. The van der Waals surface area contributed by atoms with Crippen LogP contribution in [0.1, 0.15) is 24.6 Å². The van der Waals surface area contributed by atoms with Crippen molar-refractivity contribution in [1.82, 2.24) is 9.97 Å². The van der Waals surface area contributed by atoms with Gasteiger partial charge in [-0.1, -0.05) is 6.92 Å². The van der Waals surface area contributed by atoms with Gasteiger partial charge in [0.05, 0.1) is 7.11 Å². The van der Waals surface area contributed by atoms with Gasteiger partial charge >= 0.3 is 0 Å². The summed E-state index contributed by atoms with van der Waals surface area (Å²) in [4.78, 5) is 9.04. The van der Waals surface area contributed by atoms with Crippen molar-refractivity contribution in [2.75, 3.05) is 12.4 Å². The van der Waals surface area contributed by atoms with E-state index in [9.17, 15) is 0 Å². The number of anilines is 2. The summed E-state index contributed by atoms with van der Waals surface area (Å²) < 4.78 is 5.14. The predicted molar refractivity (Wildman–Crippen MR) is 79.5 cm³/mol. The summed E-state index contributed by atoms with van der Waals surface area (Å²) in [6, 6.07) is 7.76. The minimum Gasteiger partial charge on any atom is -0.497 e. The number of nitrogens with one attached hydrogen (secondary N) is 1. The van der Waals surface area contributed by atoms with Crippen LogP contribution < -0.4 is 10.1 Å². The molecule has 4 heteroatoms. The molecule has 0 spiro atoms. The van der Waals surface area contributed by atoms with Gasteiger partial charge in [0.15, 0.2) is 0 Å². The molecule has 1 aliphatic carbocycles. The van der Waals surface area contributed by atoms with Crippen LogP contribution in [0.3, 0.4) is 0 Å². The van der Waals surface area contributed by atoms with Gasteiger partial charge in [0.2, 0.25) is 5.95 Å². The molecule has 1 heterocycles. The fourth-order valence-corrected chi connectivity index (χ4v) is 2.55. The molecular formula is C16H19N3O. The molecule has 1 atom stereocenters. The number of methoxy groups -OCH3 is 1. The summed E-state index contributed by atoms with van der Waals surface area (Å²) in [6.07, 6.45) is 5.32. The molecule has 2 aromatic rings. The Morgan fingerprint density at radius 1 is 1.25 bits per heavy atom. The van der Waals surface area contributed by atoms with Crippen LogP contribution in [0.25, 0.3) is 0 Å². The van der Waals surface area contributed by atoms with E-state index in [-0.39, 0.29) is 0 Å². The zero-order valence-electron chi connectivity index (χ0n) is 11.9. The Morgan fingerprint density at radius 3 is 2.80 bits per heavy atom. The minimum absolute atomic E-state index is 0.670. The summed E-state index contributed by atoms with van der Waals surface area (Å²) in [7, 11) is 1.66. The van der Waals surface area contributed by atoms with Gasteiger partial charge in [0.25, 0.3) is 0 Å². The molecule has 1 aromatic carbocycles. The Bertz CT molecular complexity index is 595. The lowest BCUT2D eigenvalue weighted by Crippen LogP contribution is -2.14. The number of benzene rings is 1. The van der Waals surface area contributed by atoms with Crippen LogP contribution >= 0.6 is 0 Å². The van der Waals surface area contributed by atoms with E-state index in [0.717, 1.165) is 30.2 Å². The highest BCUT2D eigenvalue weighted by Gasteiger charge is 2.17.